The maximum atomic E-state index is 9.30. The summed E-state index contributed by atoms with van der Waals surface area (Å²) in [5, 5.41) is 27.5. The number of aromatic nitrogens is 2. The summed E-state index contributed by atoms with van der Waals surface area (Å²) in [6.07, 6.45) is 0. The lowest BCUT2D eigenvalue weighted by Crippen LogP contribution is -2.31. The van der Waals surface area contributed by atoms with Gasteiger partial charge in [0.1, 0.15) is 10.8 Å². The van der Waals surface area contributed by atoms with Gasteiger partial charge in [-0.2, -0.15) is 0 Å². The highest BCUT2D eigenvalue weighted by Crippen LogP contribution is 2.25. The Balaban J connectivity index is 2.10. The van der Waals surface area contributed by atoms with Crippen molar-refractivity contribution in [2.45, 2.75) is 17.0 Å². The molecule has 0 aliphatic rings. The van der Waals surface area contributed by atoms with Gasteiger partial charge in [0.2, 0.25) is 0 Å². The van der Waals surface area contributed by atoms with Gasteiger partial charge >= 0.3 is 7.12 Å². The van der Waals surface area contributed by atoms with Crippen molar-refractivity contribution in [3.8, 4) is 5.75 Å². The summed E-state index contributed by atoms with van der Waals surface area (Å²) >= 11 is 3.11. The standard InChI is InChI=1S/C11H13BN2O3S2/c1-7-13-14-11(19-7)18-6-8-3-4-10(17-2)9(5-8)12(15)16/h3-5,15-16H,6H2,1-2H3. The molecule has 0 spiro atoms. The summed E-state index contributed by atoms with van der Waals surface area (Å²) in [5.41, 5.74) is 1.34. The number of hydrogen-bond acceptors (Lipinski definition) is 7. The van der Waals surface area contributed by atoms with Crippen LogP contribution in [0, 0.1) is 6.92 Å². The summed E-state index contributed by atoms with van der Waals surface area (Å²) in [6, 6.07) is 5.35. The third-order valence-corrected chi connectivity index (χ3v) is 4.49. The van der Waals surface area contributed by atoms with Crippen molar-refractivity contribution in [1.29, 1.82) is 0 Å². The van der Waals surface area contributed by atoms with E-state index >= 15 is 0 Å². The van der Waals surface area contributed by atoms with E-state index in [-0.39, 0.29) is 0 Å². The molecule has 0 bridgehead atoms. The molecule has 2 N–H and O–H groups in total. The van der Waals surface area contributed by atoms with Crippen molar-refractivity contribution in [3.63, 3.8) is 0 Å². The number of benzene rings is 1. The van der Waals surface area contributed by atoms with Crippen molar-refractivity contribution >= 4 is 35.7 Å². The molecule has 0 atom stereocenters. The lowest BCUT2D eigenvalue weighted by atomic mass is 9.79. The quantitative estimate of drug-likeness (QED) is 0.629. The highest BCUT2D eigenvalue weighted by atomic mass is 32.2. The van der Waals surface area contributed by atoms with Gasteiger partial charge in [-0.1, -0.05) is 35.2 Å². The van der Waals surface area contributed by atoms with E-state index in [0.717, 1.165) is 14.9 Å². The Hall–Kier alpha value is -1.09. The molecule has 5 nitrogen and oxygen atoms in total. The second-order valence-electron chi connectivity index (χ2n) is 3.83. The van der Waals surface area contributed by atoms with Gasteiger partial charge in [0, 0.05) is 11.2 Å². The van der Waals surface area contributed by atoms with Crippen molar-refractivity contribution in [3.05, 3.63) is 28.8 Å². The second kappa shape index (κ2) is 6.38. The fraction of sp³-hybridized carbons (Fsp3) is 0.273. The minimum Gasteiger partial charge on any atom is -0.497 e. The Kier molecular flexibility index (Phi) is 4.81. The van der Waals surface area contributed by atoms with Crippen LogP contribution in [-0.2, 0) is 5.75 Å². The van der Waals surface area contributed by atoms with Crippen molar-refractivity contribution < 1.29 is 14.8 Å². The van der Waals surface area contributed by atoms with Crippen LogP contribution in [0.5, 0.6) is 5.75 Å². The van der Waals surface area contributed by atoms with Crippen LogP contribution in [0.15, 0.2) is 22.5 Å². The number of nitrogens with zero attached hydrogens (tertiary/aromatic N) is 2. The Labute approximate surface area is 119 Å². The summed E-state index contributed by atoms with van der Waals surface area (Å²) < 4.78 is 5.98. The Bertz CT molecular complexity index is 563. The lowest BCUT2D eigenvalue weighted by Gasteiger charge is -2.09. The minimum absolute atomic E-state index is 0.369. The first-order valence-electron chi connectivity index (χ1n) is 5.56. The number of aryl methyl sites for hydroxylation is 1. The van der Waals surface area contributed by atoms with Gasteiger partial charge in [-0.15, -0.1) is 10.2 Å². The molecular weight excluding hydrogens is 283 g/mol. The zero-order chi connectivity index (χ0) is 13.8. The van der Waals surface area contributed by atoms with Crippen LogP contribution in [0.25, 0.3) is 0 Å². The van der Waals surface area contributed by atoms with Crippen LogP contribution in [-0.4, -0.2) is 34.5 Å². The predicted molar refractivity (Wildman–Crippen MR) is 77.0 cm³/mol. The molecular formula is C11H13BN2O3S2. The van der Waals surface area contributed by atoms with Gasteiger partial charge in [-0.3, -0.25) is 0 Å². The fourth-order valence-corrected chi connectivity index (χ4v) is 3.32. The summed E-state index contributed by atoms with van der Waals surface area (Å²) in [6.45, 7) is 1.91. The molecule has 2 aromatic rings. The molecule has 0 aliphatic heterocycles. The normalized spacial score (nSPS) is 10.5. The molecule has 1 aromatic carbocycles. The smallest absolute Gasteiger partial charge is 0.492 e. The third kappa shape index (κ3) is 3.69. The van der Waals surface area contributed by atoms with Gasteiger partial charge in [0.05, 0.1) is 7.11 Å². The third-order valence-electron chi connectivity index (χ3n) is 2.44. The van der Waals surface area contributed by atoms with E-state index in [1.165, 1.54) is 7.11 Å². The molecule has 0 saturated carbocycles. The average molecular weight is 296 g/mol. The highest BCUT2D eigenvalue weighted by molar-refractivity contribution is 8.00. The van der Waals surface area contributed by atoms with E-state index in [9.17, 15) is 10.0 Å². The van der Waals surface area contributed by atoms with Crippen molar-refractivity contribution in [2.24, 2.45) is 0 Å². The van der Waals surface area contributed by atoms with Crippen LogP contribution in [0.3, 0.4) is 0 Å². The molecule has 8 heteroatoms. The Morgan fingerprint density at radius 3 is 2.74 bits per heavy atom. The molecule has 0 fully saturated rings. The molecule has 0 saturated heterocycles. The predicted octanol–water partition coefficient (Wildman–Crippen LogP) is 0.827. The van der Waals surface area contributed by atoms with Crippen LogP contribution in [0.4, 0.5) is 0 Å². The second-order valence-corrected chi connectivity index (χ2v) is 6.23. The maximum absolute atomic E-state index is 9.30. The first-order chi connectivity index (χ1) is 9.10. The van der Waals surface area contributed by atoms with Crippen LogP contribution in [0.2, 0.25) is 0 Å². The summed E-state index contributed by atoms with van der Waals surface area (Å²) in [7, 11) is -0.0386. The molecule has 0 aliphatic carbocycles. The number of rotatable bonds is 5. The van der Waals surface area contributed by atoms with E-state index in [0.29, 0.717) is 17.0 Å². The molecule has 0 amide bonds. The highest BCUT2D eigenvalue weighted by Gasteiger charge is 2.17. The van der Waals surface area contributed by atoms with Gasteiger partial charge < -0.3 is 14.8 Å². The van der Waals surface area contributed by atoms with E-state index < -0.39 is 7.12 Å². The molecule has 0 unspecified atom stereocenters. The Morgan fingerprint density at radius 2 is 2.16 bits per heavy atom. The first kappa shape index (κ1) is 14.3. The molecule has 19 heavy (non-hydrogen) atoms. The van der Waals surface area contributed by atoms with Crippen molar-refractivity contribution in [1.82, 2.24) is 10.2 Å². The molecule has 2 rings (SSSR count). The number of methoxy groups -OCH3 is 1. The number of ether oxygens (including phenoxy) is 1. The van der Waals surface area contributed by atoms with Gasteiger partial charge in [-0.25, -0.2) is 0 Å². The summed E-state index contributed by atoms with van der Waals surface area (Å²) in [5.74, 6) is 1.16. The van der Waals surface area contributed by atoms with Crippen LogP contribution >= 0.6 is 23.1 Å². The topological polar surface area (TPSA) is 75.5 Å². The van der Waals surface area contributed by atoms with Crippen LogP contribution < -0.4 is 10.2 Å². The lowest BCUT2D eigenvalue weighted by molar-refractivity contribution is 0.403. The van der Waals surface area contributed by atoms with Crippen LogP contribution in [0.1, 0.15) is 10.6 Å². The van der Waals surface area contributed by atoms with Gasteiger partial charge in [0.25, 0.3) is 0 Å². The average Bonchev–Trinajstić information content (AvgIpc) is 2.81. The molecule has 1 heterocycles. The monoisotopic (exact) mass is 296 g/mol. The van der Waals surface area contributed by atoms with E-state index in [1.54, 1.807) is 35.2 Å². The van der Waals surface area contributed by atoms with E-state index in [2.05, 4.69) is 10.2 Å². The fourth-order valence-electron chi connectivity index (χ4n) is 1.56. The number of thioether (sulfide) groups is 1. The van der Waals surface area contributed by atoms with E-state index in [1.807, 2.05) is 13.0 Å². The first-order valence-corrected chi connectivity index (χ1v) is 7.36. The van der Waals surface area contributed by atoms with E-state index in [4.69, 9.17) is 4.74 Å². The molecule has 1 aromatic heterocycles. The largest absolute Gasteiger partial charge is 0.497 e. The summed E-state index contributed by atoms with van der Waals surface area (Å²) in [4.78, 5) is 0. The zero-order valence-electron chi connectivity index (χ0n) is 10.5. The van der Waals surface area contributed by atoms with Gasteiger partial charge in [0.15, 0.2) is 4.34 Å². The zero-order valence-corrected chi connectivity index (χ0v) is 12.2. The van der Waals surface area contributed by atoms with Crippen molar-refractivity contribution in [2.75, 3.05) is 7.11 Å². The SMILES string of the molecule is COc1ccc(CSc2nnc(C)s2)cc1B(O)O. The van der Waals surface area contributed by atoms with Gasteiger partial charge in [-0.05, 0) is 18.6 Å². The maximum Gasteiger partial charge on any atom is 0.492 e. The minimum atomic E-state index is -1.54. The Morgan fingerprint density at radius 1 is 1.37 bits per heavy atom. The molecule has 100 valence electrons. The molecule has 0 radical (unpaired) electrons. The number of hydrogen-bond donors (Lipinski definition) is 2.